The third kappa shape index (κ3) is 11.9. The summed E-state index contributed by atoms with van der Waals surface area (Å²) in [7, 11) is 1.40. The van der Waals surface area contributed by atoms with Crippen LogP contribution in [-0.4, -0.2) is 37.9 Å². The lowest BCUT2D eigenvalue weighted by atomic mass is 10.1. The van der Waals surface area contributed by atoms with Gasteiger partial charge in [0.05, 0.1) is 13.7 Å². The minimum atomic E-state index is -0.457. The number of alkyl carbamates (subject to hydrolysis) is 1. The number of carbonyl (C=O) groups is 2. The van der Waals surface area contributed by atoms with Crippen molar-refractivity contribution < 1.29 is 23.8 Å². The molecule has 0 bridgehead atoms. The first-order chi connectivity index (χ1) is 12.8. The Bertz CT molecular complexity index is 563. The van der Waals surface area contributed by atoms with E-state index in [1.54, 1.807) is 0 Å². The minimum Gasteiger partial charge on any atom is -0.494 e. The lowest BCUT2D eigenvalue weighted by molar-refractivity contribution is -0.140. The van der Waals surface area contributed by atoms with Crippen LogP contribution in [0, 0.1) is 0 Å². The number of rotatable bonds is 11. The second-order valence-corrected chi connectivity index (χ2v) is 7.41. The zero-order chi connectivity index (χ0) is 20.1. The van der Waals surface area contributed by atoms with E-state index in [-0.39, 0.29) is 12.1 Å². The van der Waals surface area contributed by atoms with Gasteiger partial charge in [0, 0.05) is 13.0 Å². The molecule has 1 amide bonds. The summed E-state index contributed by atoms with van der Waals surface area (Å²) in [6, 6.07) is 7.80. The van der Waals surface area contributed by atoms with Crippen molar-refractivity contribution in [3.05, 3.63) is 29.8 Å². The fourth-order valence-corrected chi connectivity index (χ4v) is 2.38. The predicted octanol–water partition coefficient (Wildman–Crippen LogP) is 4.26. The molecule has 0 saturated heterocycles. The molecule has 0 radical (unpaired) electrons. The molecule has 152 valence electrons. The third-order valence-electron chi connectivity index (χ3n) is 3.78. The van der Waals surface area contributed by atoms with Crippen molar-refractivity contribution in [1.82, 2.24) is 5.32 Å². The van der Waals surface area contributed by atoms with Gasteiger partial charge in [0.25, 0.3) is 0 Å². The van der Waals surface area contributed by atoms with Crippen LogP contribution in [0.1, 0.15) is 58.4 Å². The molecule has 0 aliphatic carbocycles. The Morgan fingerprint density at radius 2 is 1.67 bits per heavy atom. The van der Waals surface area contributed by atoms with Crippen molar-refractivity contribution >= 4 is 12.1 Å². The van der Waals surface area contributed by atoms with Gasteiger partial charge in [-0.3, -0.25) is 4.79 Å². The summed E-state index contributed by atoms with van der Waals surface area (Å²) in [6.07, 6.45) is 4.67. The average molecular weight is 379 g/mol. The molecular weight excluding hydrogens is 346 g/mol. The summed E-state index contributed by atoms with van der Waals surface area (Å²) in [6.45, 7) is 6.84. The van der Waals surface area contributed by atoms with Crippen molar-refractivity contribution in [2.45, 2.75) is 64.9 Å². The molecule has 27 heavy (non-hydrogen) atoms. The Morgan fingerprint density at radius 1 is 1.00 bits per heavy atom. The molecule has 0 saturated carbocycles. The van der Waals surface area contributed by atoms with Crippen LogP contribution in [0.3, 0.4) is 0 Å². The molecule has 1 rings (SSSR count). The van der Waals surface area contributed by atoms with Gasteiger partial charge in [0.1, 0.15) is 11.4 Å². The highest BCUT2D eigenvalue weighted by Crippen LogP contribution is 2.14. The number of carbonyl (C=O) groups excluding carboxylic acids is 2. The normalized spacial score (nSPS) is 11.0. The zero-order valence-electron chi connectivity index (χ0n) is 17.0. The molecule has 1 aromatic carbocycles. The van der Waals surface area contributed by atoms with Crippen molar-refractivity contribution in [2.24, 2.45) is 0 Å². The van der Waals surface area contributed by atoms with Crippen LogP contribution >= 0.6 is 0 Å². The second kappa shape index (κ2) is 12.2. The maximum Gasteiger partial charge on any atom is 0.407 e. The molecule has 0 fully saturated rings. The van der Waals surface area contributed by atoms with E-state index in [0.29, 0.717) is 26.0 Å². The molecule has 0 heterocycles. The molecule has 1 aromatic rings. The van der Waals surface area contributed by atoms with Gasteiger partial charge in [0.2, 0.25) is 0 Å². The van der Waals surface area contributed by atoms with Crippen LogP contribution in [0.2, 0.25) is 0 Å². The van der Waals surface area contributed by atoms with Crippen molar-refractivity contribution in [1.29, 1.82) is 0 Å². The number of ether oxygens (including phenoxy) is 3. The number of hydrogen-bond donors (Lipinski definition) is 1. The van der Waals surface area contributed by atoms with Gasteiger partial charge < -0.3 is 19.5 Å². The summed E-state index contributed by atoms with van der Waals surface area (Å²) >= 11 is 0. The van der Waals surface area contributed by atoms with E-state index in [0.717, 1.165) is 37.0 Å². The van der Waals surface area contributed by atoms with Crippen LogP contribution in [0.15, 0.2) is 24.3 Å². The molecule has 0 aromatic heterocycles. The average Bonchev–Trinajstić information content (AvgIpc) is 2.61. The topological polar surface area (TPSA) is 73.9 Å². The van der Waals surface area contributed by atoms with Gasteiger partial charge in [0.15, 0.2) is 0 Å². The van der Waals surface area contributed by atoms with Gasteiger partial charge in [-0.15, -0.1) is 0 Å². The molecule has 0 atom stereocenters. The Balaban J connectivity index is 2.05. The fraction of sp³-hybridized carbons (Fsp3) is 0.619. The fourth-order valence-electron chi connectivity index (χ4n) is 2.38. The first-order valence-corrected chi connectivity index (χ1v) is 9.55. The Labute approximate surface area is 162 Å². The first-order valence-electron chi connectivity index (χ1n) is 9.55. The summed E-state index contributed by atoms with van der Waals surface area (Å²) in [5.74, 6) is 0.639. The smallest absolute Gasteiger partial charge is 0.407 e. The number of esters is 1. The van der Waals surface area contributed by atoms with E-state index in [2.05, 4.69) is 10.1 Å². The Kier molecular flexibility index (Phi) is 10.3. The highest BCUT2D eigenvalue weighted by Gasteiger charge is 2.15. The van der Waals surface area contributed by atoms with Crippen LogP contribution in [-0.2, 0) is 20.7 Å². The summed E-state index contributed by atoms with van der Waals surface area (Å²) in [4.78, 5) is 22.6. The van der Waals surface area contributed by atoms with E-state index in [1.807, 2.05) is 45.0 Å². The number of aryl methyl sites for hydroxylation is 1. The maximum absolute atomic E-state index is 11.5. The Hall–Kier alpha value is -2.24. The van der Waals surface area contributed by atoms with E-state index >= 15 is 0 Å². The molecule has 1 N–H and O–H groups in total. The number of hydrogen-bond acceptors (Lipinski definition) is 5. The SMILES string of the molecule is COC(=O)CCc1ccc(OCCCCCCNC(=O)OC(C)(C)C)cc1. The summed E-state index contributed by atoms with van der Waals surface area (Å²) < 4.78 is 15.5. The van der Waals surface area contributed by atoms with E-state index in [4.69, 9.17) is 9.47 Å². The lowest BCUT2D eigenvalue weighted by Crippen LogP contribution is -2.32. The quantitative estimate of drug-likeness (QED) is 0.459. The molecule has 0 aliphatic heterocycles. The summed E-state index contributed by atoms with van der Waals surface area (Å²) in [5, 5.41) is 2.76. The number of nitrogens with one attached hydrogen (secondary N) is 1. The number of benzene rings is 1. The van der Waals surface area contributed by atoms with E-state index in [9.17, 15) is 9.59 Å². The third-order valence-corrected chi connectivity index (χ3v) is 3.78. The minimum absolute atomic E-state index is 0.198. The van der Waals surface area contributed by atoms with Crippen molar-refractivity contribution in [3.63, 3.8) is 0 Å². The van der Waals surface area contributed by atoms with E-state index in [1.165, 1.54) is 7.11 Å². The van der Waals surface area contributed by atoms with Crippen LogP contribution in [0.25, 0.3) is 0 Å². The highest BCUT2D eigenvalue weighted by molar-refractivity contribution is 5.69. The summed E-state index contributed by atoms with van der Waals surface area (Å²) in [5.41, 5.74) is 0.631. The highest BCUT2D eigenvalue weighted by atomic mass is 16.6. The van der Waals surface area contributed by atoms with Crippen LogP contribution in [0.5, 0.6) is 5.75 Å². The van der Waals surface area contributed by atoms with Gasteiger partial charge >= 0.3 is 12.1 Å². The maximum atomic E-state index is 11.5. The molecule has 6 nitrogen and oxygen atoms in total. The van der Waals surface area contributed by atoms with E-state index < -0.39 is 5.60 Å². The largest absolute Gasteiger partial charge is 0.494 e. The molecule has 6 heteroatoms. The van der Waals surface area contributed by atoms with Gasteiger partial charge in [-0.05, 0) is 57.7 Å². The first kappa shape index (κ1) is 22.8. The van der Waals surface area contributed by atoms with Crippen molar-refractivity contribution in [3.8, 4) is 5.75 Å². The molecule has 0 unspecified atom stereocenters. The van der Waals surface area contributed by atoms with Crippen LogP contribution < -0.4 is 10.1 Å². The molecular formula is C21H33NO5. The van der Waals surface area contributed by atoms with Crippen LogP contribution in [0.4, 0.5) is 4.79 Å². The number of unbranched alkanes of at least 4 members (excludes halogenated alkanes) is 3. The zero-order valence-corrected chi connectivity index (χ0v) is 17.0. The van der Waals surface area contributed by atoms with Crippen molar-refractivity contribution in [2.75, 3.05) is 20.3 Å². The number of amides is 1. The standard InChI is InChI=1S/C21H33NO5/c1-21(2,3)27-20(24)22-15-7-5-6-8-16-26-18-12-9-17(10-13-18)11-14-19(23)25-4/h9-10,12-13H,5-8,11,14-16H2,1-4H3,(H,22,24). The Morgan fingerprint density at radius 3 is 2.30 bits per heavy atom. The second-order valence-electron chi connectivity index (χ2n) is 7.41. The predicted molar refractivity (Wildman–Crippen MR) is 105 cm³/mol. The van der Waals surface area contributed by atoms with Gasteiger partial charge in [-0.2, -0.15) is 0 Å². The molecule has 0 spiro atoms. The van der Waals surface area contributed by atoms with Gasteiger partial charge in [-0.1, -0.05) is 25.0 Å². The number of methoxy groups -OCH3 is 1. The monoisotopic (exact) mass is 379 g/mol. The molecule has 0 aliphatic rings. The van der Waals surface area contributed by atoms with Gasteiger partial charge in [-0.25, -0.2) is 4.79 Å². The lowest BCUT2D eigenvalue weighted by Gasteiger charge is -2.19.